The zero-order valence-electron chi connectivity index (χ0n) is 14.8. The first-order chi connectivity index (χ1) is 12.8. The number of carbonyl (C=O) groups excluding carboxylic acids is 1. The minimum Gasteiger partial charge on any atom is -0.480 e. The summed E-state index contributed by atoms with van der Waals surface area (Å²) in [4.78, 5) is 12.4. The minimum absolute atomic E-state index is 0.0703. The van der Waals surface area contributed by atoms with Crippen LogP contribution in [0.25, 0.3) is 10.8 Å². The van der Waals surface area contributed by atoms with Crippen LogP contribution in [0.3, 0.4) is 0 Å². The topological polar surface area (TPSA) is 51.5 Å². The number of amides is 1. The molecule has 0 aliphatic carbocycles. The first kappa shape index (κ1) is 18.4. The quantitative estimate of drug-likeness (QED) is 0.558. The van der Waals surface area contributed by atoms with E-state index in [4.69, 9.17) is 9.15 Å². The first-order valence-corrected chi connectivity index (χ1v) is 9.95. The molecule has 0 spiro atoms. The highest BCUT2D eigenvalue weighted by atomic mass is 32.2. The van der Waals surface area contributed by atoms with E-state index < -0.39 is 6.10 Å². The Balaban J connectivity index is 1.50. The molecule has 3 aromatic rings. The predicted octanol–water partition coefficient (Wildman–Crippen LogP) is 4.64. The van der Waals surface area contributed by atoms with Crippen molar-refractivity contribution in [3.63, 3.8) is 0 Å². The number of benzene rings is 2. The average molecular weight is 369 g/mol. The highest BCUT2D eigenvalue weighted by Gasteiger charge is 2.18. The molecule has 0 fully saturated rings. The predicted molar refractivity (Wildman–Crippen MR) is 107 cm³/mol. The standard InChI is InChI=1S/C21H23NO3S/c1-2-19(21(23)22-12-14-26-15-17-9-6-13-24-17)25-20-11-5-8-16-7-3-4-10-18(16)20/h3-11,13,19H,2,12,14-15H2,1H3,(H,22,23)/t19-/m0/s1. The Hall–Kier alpha value is -2.40. The van der Waals surface area contributed by atoms with Crippen LogP contribution in [0.1, 0.15) is 19.1 Å². The second kappa shape index (κ2) is 9.34. The fraction of sp³-hybridized carbons (Fsp3) is 0.286. The van der Waals surface area contributed by atoms with Crippen molar-refractivity contribution in [2.24, 2.45) is 0 Å². The molecule has 5 heteroatoms. The van der Waals surface area contributed by atoms with E-state index >= 15 is 0 Å². The molecule has 0 unspecified atom stereocenters. The summed E-state index contributed by atoms with van der Waals surface area (Å²) in [6.45, 7) is 2.57. The van der Waals surface area contributed by atoms with Gasteiger partial charge < -0.3 is 14.5 Å². The number of rotatable bonds is 9. The van der Waals surface area contributed by atoms with Gasteiger partial charge >= 0.3 is 0 Å². The molecule has 0 aliphatic heterocycles. The molecule has 26 heavy (non-hydrogen) atoms. The van der Waals surface area contributed by atoms with Crippen LogP contribution in [0.4, 0.5) is 0 Å². The Morgan fingerprint density at radius 2 is 2.00 bits per heavy atom. The third-order valence-corrected chi connectivity index (χ3v) is 5.03. The van der Waals surface area contributed by atoms with Crippen molar-refractivity contribution in [1.29, 1.82) is 0 Å². The van der Waals surface area contributed by atoms with Crippen LogP contribution in [0, 0.1) is 0 Å². The maximum Gasteiger partial charge on any atom is 0.261 e. The number of fused-ring (bicyclic) bond motifs is 1. The van der Waals surface area contributed by atoms with E-state index in [-0.39, 0.29) is 5.91 Å². The maximum absolute atomic E-state index is 12.4. The summed E-state index contributed by atoms with van der Waals surface area (Å²) in [5.41, 5.74) is 0. The van der Waals surface area contributed by atoms with Gasteiger partial charge in [0.15, 0.2) is 6.10 Å². The van der Waals surface area contributed by atoms with E-state index in [1.54, 1.807) is 18.0 Å². The van der Waals surface area contributed by atoms with E-state index in [1.165, 1.54) is 0 Å². The highest BCUT2D eigenvalue weighted by molar-refractivity contribution is 7.98. The van der Waals surface area contributed by atoms with Crippen LogP contribution < -0.4 is 10.1 Å². The third kappa shape index (κ3) is 4.82. The molecule has 1 N–H and O–H groups in total. The molecule has 0 saturated heterocycles. The van der Waals surface area contributed by atoms with Gasteiger partial charge in [-0.1, -0.05) is 43.3 Å². The first-order valence-electron chi connectivity index (χ1n) is 8.80. The van der Waals surface area contributed by atoms with Crippen LogP contribution >= 0.6 is 11.8 Å². The third-order valence-electron chi connectivity index (χ3n) is 4.05. The number of hydrogen-bond acceptors (Lipinski definition) is 4. The van der Waals surface area contributed by atoms with E-state index in [1.807, 2.05) is 61.5 Å². The summed E-state index contributed by atoms with van der Waals surface area (Å²) in [6.07, 6.45) is 1.80. The maximum atomic E-state index is 12.4. The summed E-state index contributed by atoms with van der Waals surface area (Å²) >= 11 is 1.73. The molecule has 1 aromatic heterocycles. The molecule has 0 saturated carbocycles. The van der Waals surface area contributed by atoms with Crippen LogP contribution in [0.2, 0.25) is 0 Å². The fourth-order valence-corrected chi connectivity index (χ4v) is 3.46. The van der Waals surface area contributed by atoms with Crippen molar-refractivity contribution in [3.8, 4) is 5.75 Å². The lowest BCUT2D eigenvalue weighted by molar-refractivity contribution is -0.127. The molecular formula is C21H23NO3S. The second-order valence-corrected chi connectivity index (χ2v) is 7.02. The number of furan rings is 1. The number of hydrogen-bond donors (Lipinski definition) is 1. The zero-order valence-corrected chi connectivity index (χ0v) is 15.6. The van der Waals surface area contributed by atoms with Gasteiger partial charge in [-0.3, -0.25) is 4.79 Å². The molecule has 0 radical (unpaired) electrons. The van der Waals surface area contributed by atoms with Gasteiger partial charge in [0, 0.05) is 17.7 Å². The van der Waals surface area contributed by atoms with Gasteiger partial charge in [-0.15, -0.1) is 0 Å². The lowest BCUT2D eigenvalue weighted by Gasteiger charge is -2.18. The van der Waals surface area contributed by atoms with E-state index in [9.17, 15) is 4.79 Å². The summed E-state index contributed by atoms with van der Waals surface area (Å²) in [7, 11) is 0. The van der Waals surface area contributed by atoms with E-state index in [2.05, 4.69) is 5.32 Å². The molecule has 1 heterocycles. The van der Waals surface area contributed by atoms with Gasteiger partial charge in [-0.05, 0) is 30.0 Å². The van der Waals surface area contributed by atoms with Crippen LogP contribution in [0.15, 0.2) is 65.3 Å². The lowest BCUT2D eigenvalue weighted by atomic mass is 10.1. The summed E-state index contributed by atoms with van der Waals surface area (Å²) in [6, 6.07) is 17.8. The van der Waals surface area contributed by atoms with Crippen molar-refractivity contribution < 1.29 is 13.9 Å². The Labute approximate surface area is 157 Å². The number of ether oxygens (including phenoxy) is 1. The molecule has 3 rings (SSSR count). The molecule has 0 bridgehead atoms. The molecule has 0 aliphatic rings. The second-order valence-electron chi connectivity index (χ2n) is 5.92. The summed E-state index contributed by atoms with van der Waals surface area (Å²) in [5.74, 6) is 3.27. The van der Waals surface area contributed by atoms with Gasteiger partial charge in [-0.2, -0.15) is 11.8 Å². The van der Waals surface area contributed by atoms with Crippen molar-refractivity contribution in [2.75, 3.05) is 12.3 Å². The summed E-state index contributed by atoms with van der Waals surface area (Å²) in [5, 5.41) is 5.10. The zero-order chi connectivity index (χ0) is 18.2. The van der Waals surface area contributed by atoms with Gasteiger partial charge in [0.05, 0.1) is 12.0 Å². The van der Waals surface area contributed by atoms with Gasteiger partial charge in [0.1, 0.15) is 11.5 Å². The lowest BCUT2D eigenvalue weighted by Crippen LogP contribution is -2.39. The SMILES string of the molecule is CC[C@H](Oc1cccc2ccccc12)C(=O)NCCSCc1ccco1. The van der Waals surface area contributed by atoms with Crippen molar-refractivity contribution >= 4 is 28.4 Å². The molecule has 2 aromatic carbocycles. The molecule has 136 valence electrons. The van der Waals surface area contributed by atoms with Crippen LogP contribution in [-0.2, 0) is 10.5 Å². The molecule has 1 atom stereocenters. The van der Waals surface area contributed by atoms with Gasteiger partial charge in [-0.25, -0.2) is 0 Å². The number of nitrogens with one attached hydrogen (secondary N) is 1. The fourth-order valence-electron chi connectivity index (χ4n) is 2.70. The molecular weight excluding hydrogens is 346 g/mol. The van der Waals surface area contributed by atoms with Gasteiger partial charge in [0.25, 0.3) is 5.91 Å². The van der Waals surface area contributed by atoms with Crippen molar-refractivity contribution in [1.82, 2.24) is 5.32 Å². The highest BCUT2D eigenvalue weighted by Crippen LogP contribution is 2.26. The average Bonchev–Trinajstić information content (AvgIpc) is 3.19. The Morgan fingerprint density at radius 1 is 1.15 bits per heavy atom. The molecule has 1 amide bonds. The largest absolute Gasteiger partial charge is 0.480 e. The van der Waals surface area contributed by atoms with Crippen molar-refractivity contribution in [3.05, 3.63) is 66.6 Å². The Bertz CT molecular complexity index is 827. The van der Waals surface area contributed by atoms with E-state index in [0.29, 0.717) is 13.0 Å². The molecule has 4 nitrogen and oxygen atoms in total. The van der Waals surface area contributed by atoms with E-state index in [0.717, 1.165) is 33.8 Å². The Morgan fingerprint density at radius 3 is 2.81 bits per heavy atom. The van der Waals surface area contributed by atoms with Crippen LogP contribution in [-0.4, -0.2) is 24.3 Å². The van der Waals surface area contributed by atoms with Crippen LogP contribution in [0.5, 0.6) is 5.75 Å². The van der Waals surface area contributed by atoms with Crippen molar-refractivity contribution in [2.45, 2.75) is 25.2 Å². The number of thioether (sulfide) groups is 1. The smallest absolute Gasteiger partial charge is 0.261 e. The van der Waals surface area contributed by atoms with Gasteiger partial charge in [0.2, 0.25) is 0 Å². The monoisotopic (exact) mass is 369 g/mol. The normalized spacial score (nSPS) is 12.0. The number of carbonyl (C=O) groups is 1. The minimum atomic E-state index is -0.490. The Kier molecular flexibility index (Phi) is 6.61. The summed E-state index contributed by atoms with van der Waals surface area (Å²) < 4.78 is 11.3.